The van der Waals surface area contributed by atoms with Crippen molar-refractivity contribution in [2.24, 2.45) is 5.92 Å². The van der Waals surface area contributed by atoms with E-state index in [1.807, 2.05) is 13.0 Å². The van der Waals surface area contributed by atoms with Crippen molar-refractivity contribution in [3.05, 3.63) is 12.7 Å². The molecule has 1 saturated heterocycles. The number of nitrogens with one attached hydrogen (secondary N) is 1. The Morgan fingerprint density at radius 3 is 3.11 bits per heavy atom. The first-order valence-corrected chi connectivity index (χ1v) is 6.96. The summed E-state index contributed by atoms with van der Waals surface area (Å²) in [6, 6.07) is 0. The van der Waals surface area contributed by atoms with Crippen molar-refractivity contribution < 1.29 is 9.90 Å². The van der Waals surface area contributed by atoms with Crippen molar-refractivity contribution in [1.29, 1.82) is 0 Å². The third-order valence-corrected chi connectivity index (χ3v) is 3.40. The van der Waals surface area contributed by atoms with E-state index in [-0.39, 0.29) is 17.9 Å². The second kappa shape index (κ2) is 8.27. The van der Waals surface area contributed by atoms with Gasteiger partial charge in [0, 0.05) is 19.6 Å². The summed E-state index contributed by atoms with van der Waals surface area (Å²) in [6.07, 6.45) is 5.12. The molecule has 104 valence electrons. The van der Waals surface area contributed by atoms with Crippen molar-refractivity contribution in [3.63, 3.8) is 0 Å². The number of hydrogen-bond donors (Lipinski definition) is 2. The molecule has 0 bridgehead atoms. The largest absolute Gasteiger partial charge is 0.392 e. The fourth-order valence-corrected chi connectivity index (χ4v) is 2.45. The Kier molecular flexibility index (Phi) is 6.98. The first-order chi connectivity index (χ1) is 8.67. The molecule has 4 nitrogen and oxygen atoms in total. The summed E-state index contributed by atoms with van der Waals surface area (Å²) < 4.78 is 0. The van der Waals surface area contributed by atoms with Gasteiger partial charge in [-0.25, -0.2) is 0 Å². The first kappa shape index (κ1) is 15.2. The molecular weight excluding hydrogens is 228 g/mol. The molecule has 0 aromatic rings. The number of allylic oxidation sites excluding steroid dienone is 1. The van der Waals surface area contributed by atoms with Crippen molar-refractivity contribution in [2.75, 3.05) is 26.2 Å². The van der Waals surface area contributed by atoms with Gasteiger partial charge in [0.1, 0.15) is 0 Å². The number of carbonyl (C=O) groups excluding carboxylic acids is 1. The van der Waals surface area contributed by atoms with Crippen LogP contribution >= 0.6 is 0 Å². The van der Waals surface area contributed by atoms with Gasteiger partial charge in [-0.1, -0.05) is 6.08 Å². The van der Waals surface area contributed by atoms with Gasteiger partial charge in [-0.3, -0.25) is 9.69 Å². The Morgan fingerprint density at radius 2 is 2.44 bits per heavy atom. The van der Waals surface area contributed by atoms with Crippen molar-refractivity contribution in [3.8, 4) is 0 Å². The molecule has 18 heavy (non-hydrogen) atoms. The lowest BCUT2D eigenvalue weighted by Crippen LogP contribution is -2.45. The van der Waals surface area contributed by atoms with Crippen molar-refractivity contribution >= 4 is 5.91 Å². The number of amides is 1. The molecule has 2 N–H and O–H groups in total. The molecule has 1 amide bonds. The predicted octanol–water partition coefficient (Wildman–Crippen LogP) is 1.16. The minimum absolute atomic E-state index is 0.0882. The maximum Gasteiger partial charge on any atom is 0.224 e. The maximum atomic E-state index is 11.8. The molecule has 1 aliphatic heterocycles. The quantitative estimate of drug-likeness (QED) is 0.670. The van der Waals surface area contributed by atoms with Crippen molar-refractivity contribution in [2.45, 2.75) is 38.7 Å². The van der Waals surface area contributed by atoms with Gasteiger partial charge in [-0.15, -0.1) is 6.58 Å². The van der Waals surface area contributed by atoms with E-state index in [9.17, 15) is 9.90 Å². The molecule has 1 aliphatic rings. The Hall–Kier alpha value is -0.870. The minimum atomic E-state index is -0.309. The topological polar surface area (TPSA) is 52.6 Å². The fraction of sp³-hybridized carbons (Fsp3) is 0.786. The third-order valence-electron chi connectivity index (χ3n) is 3.40. The van der Waals surface area contributed by atoms with Gasteiger partial charge in [0.25, 0.3) is 0 Å². The zero-order chi connectivity index (χ0) is 13.4. The number of aliphatic hydroxyl groups is 1. The zero-order valence-corrected chi connectivity index (χ0v) is 11.4. The molecule has 4 heteroatoms. The summed E-state index contributed by atoms with van der Waals surface area (Å²) in [4.78, 5) is 14.0. The molecule has 0 radical (unpaired) electrons. The standard InChI is InChI=1S/C14H26N2O2/c1-3-5-8-13(17)11-16-9-6-7-12(10-16)14(18)15-4-2/h3,12-13,17H,1,4-11H2,2H3,(H,15,18). The monoisotopic (exact) mass is 254 g/mol. The lowest BCUT2D eigenvalue weighted by atomic mass is 9.96. The third kappa shape index (κ3) is 5.19. The van der Waals surface area contributed by atoms with Gasteiger partial charge in [-0.2, -0.15) is 0 Å². The normalized spacial score (nSPS) is 22.4. The highest BCUT2D eigenvalue weighted by molar-refractivity contribution is 5.78. The summed E-state index contributed by atoms with van der Waals surface area (Å²) in [7, 11) is 0. The molecule has 0 aliphatic carbocycles. The van der Waals surface area contributed by atoms with Crippen LogP contribution in [-0.2, 0) is 4.79 Å². The molecule has 1 heterocycles. The molecule has 0 aromatic carbocycles. The number of nitrogens with zero attached hydrogens (tertiary/aromatic N) is 1. The summed E-state index contributed by atoms with van der Waals surface area (Å²) in [5, 5.41) is 12.8. The summed E-state index contributed by atoms with van der Waals surface area (Å²) in [5.41, 5.74) is 0. The highest BCUT2D eigenvalue weighted by Gasteiger charge is 2.26. The number of rotatable bonds is 7. The maximum absolute atomic E-state index is 11.8. The van der Waals surface area contributed by atoms with Gasteiger partial charge in [0.15, 0.2) is 0 Å². The van der Waals surface area contributed by atoms with E-state index in [0.717, 1.165) is 38.8 Å². The Labute approximate surface area is 110 Å². The van der Waals surface area contributed by atoms with Crippen LogP contribution in [0.1, 0.15) is 32.6 Å². The highest BCUT2D eigenvalue weighted by Crippen LogP contribution is 2.17. The lowest BCUT2D eigenvalue weighted by molar-refractivity contribution is -0.126. The summed E-state index contributed by atoms with van der Waals surface area (Å²) in [5.74, 6) is 0.244. The predicted molar refractivity (Wildman–Crippen MR) is 73.3 cm³/mol. The van der Waals surface area contributed by atoms with Gasteiger partial charge in [0.2, 0.25) is 5.91 Å². The van der Waals surface area contributed by atoms with Gasteiger partial charge in [0.05, 0.1) is 12.0 Å². The summed E-state index contributed by atoms with van der Waals surface area (Å²) in [6.45, 7) is 8.72. The van der Waals surface area contributed by atoms with E-state index in [4.69, 9.17) is 0 Å². The molecule has 0 spiro atoms. The van der Waals surface area contributed by atoms with E-state index in [2.05, 4.69) is 16.8 Å². The Morgan fingerprint density at radius 1 is 1.67 bits per heavy atom. The number of hydrogen-bond acceptors (Lipinski definition) is 3. The lowest BCUT2D eigenvalue weighted by Gasteiger charge is -2.33. The molecule has 0 aromatic heterocycles. The minimum Gasteiger partial charge on any atom is -0.392 e. The second-order valence-corrected chi connectivity index (χ2v) is 5.01. The average molecular weight is 254 g/mol. The molecular formula is C14H26N2O2. The van der Waals surface area contributed by atoms with Crippen LogP contribution in [0.25, 0.3) is 0 Å². The SMILES string of the molecule is C=CCCC(O)CN1CCCC(C(=O)NCC)C1. The zero-order valence-electron chi connectivity index (χ0n) is 11.4. The van der Waals surface area contributed by atoms with E-state index < -0.39 is 0 Å². The van der Waals surface area contributed by atoms with E-state index >= 15 is 0 Å². The van der Waals surface area contributed by atoms with Crippen LogP contribution in [0.15, 0.2) is 12.7 Å². The van der Waals surface area contributed by atoms with Gasteiger partial charge >= 0.3 is 0 Å². The number of carbonyl (C=O) groups is 1. The molecule has 1 rings (SSSR count). The van der Waals surface area contributed by atoms with E-state index in [1.165, 1.54) is 0 Å². The smallest absolute Gasteiger partial charge is 0.224 e. The van der Waals surface area contributed by atoms with Crippen LogP contribution in [0.3, 0.4) is 0 Å². The van der Waals surface area contributed by atoms with Crippen LogP contribution < -0.4 is 5.32 Å². The second-order valence-electron chi connectivity index (χ2n) is 5.01. The fourth-order valence-electron chi connectivity index (χ4n) is 2.45. The average Bonchev–Trinajstić information content (AvgIpc) is 2.37. The summed E-state index contributed by atoms with van der Waals surface area (Å²) >= 11 is 0. The van der Waals surface area contributed by atoms with Gasteiger partial charge < -0.3 is 10.4 Å². The molecule has 2 atom stereocenters. The van der Waals surface area contributed by atoms with Crippen LogP contribution in [0, 0.1) is 5.92 Å². The molecule has 0 saturated carbocycles. The van der Waals surface area contributed by atoms with Crippen molar-refractivity contribution in [1.82, 2.24) is 10.2 Å². The van der Waals surface area contributed by atoms with E-state index in [1.54, 1.807) is 0 Å². The van der Waals surface area contributed by atoms with Gasteiger partial charge in [-0.05, 0) is 39.2 Å². The molecule has 2 unspecified atom stereocenters. The number of aliphatic hydroxyl groups excluding tert-OH is 1. The number of β-amino-alcohol motifs (C(OH)–C–C–N with tert-alkyl or cyclic N) is 1. The van der Waals surface area contributed by atoms with Crippen LogP contribution in [-0.4, -0.2) is 48.2 Å². The van der Waals surface area contributed by atoms with Crippen LogP contribution in [0.2, 0.25) is 0 Å². The van der Waals surface area contributed by atoms with Crippen LogP contribution in [0.5, 0.6) is 0 Å². The highest BCUT2D eigenvalue weighted by atomic mass is 16.3. The Bertz CT molecular complexity index is 269. The Balaban J connectivity index is 2.34. The number of piperidine rings is 1. The molecule has 1 fully saturated rings. The van der Waals surface area contributed by atoms with E-state index in [0.29, 0.717) is 13.1 Å². The number of likely N-dealkylation sites (tertiary alicyclic amines) is 1. The van der Waals surface area contributed by atoms with Crippen LogP contribution in [0.4, 0.5) is 0 Å². The first-order valence-electron chi connectivity index (χ1n) is 6.96.